The minimum atomic E-state index is -0.365. The van der Waals surface area contributed by atoms with Crippen LogP contribution in [-0.4, -0.2) is 77.0 Å². The standard InChI is InChI=1S/C26H29FN6O2S/c1-32-9-11-33(12-10-32)8-3-13-35-19-5-2-4-18(14-19)15-23(34)31-26-30-22(17-36-26)20-16-29-25-24(20)21(27)6-7-28-25/h2,4-7,14,16-17H,3,8-13,15H2,1H3,(H,28,29)(H,30,31,34). The van der Waals surface area contributed by atoms with Crippen molar-refractivity contribution in [3.63, 3.8) is 0 Å². The summed E-state index contributed by atoms with van der Waals surface area (Å²) in [4.78, 5) is 29.0. The van der Waals surface area contributed by atoms with Gasteiger partial charge in [0.15, 0.2) is 5.13 Å². The molecule has 3 aromatic heterocycles. The number of benzene rings is 1. The van der Waals surface area contributed by atoms with Gasteiger partial charge < -0.3 is 24.8 Å². The van der Waals surface area contributed by atoms with E-state index in [0.29, 0.717) is 34.0 Å². The fourth-order valence-corrected chi connectivity index (χ4v) is 5.04. The fraction of sp³-hybridized carbons (Fsp3) is 0.346. The monoisotopic (exact) mass is 508 g/mol. The van der Waals surface area contributed by atoms with E-state index < -0.39 is 0 Å². The van der Waals surface area contributed by atoms with E-state index in [1.165, 1.54) is 23.6 Å². The number of hydrogen-bond acceptors (Lipinski definition) is 7. The highest BCUT2D eigenvalue weighted by atomic mass is 32.1. The van der Waals surface area contributed by atoms with E-state index in [-0.39, 0.29) is 18.1 Å². The van der Waals surface area contributed by atoms with Gasteiger partial charge in [-0.05, 0) is 37.2 Å². The van der Waals surface area contributed by atoms with Crippen LogP contribution < -0.4 is 10.1 Å². The van der Waals surface area contributed by atoms with E-state index in [9.17, 15) is 9.18 Å². The highest BCUT2D eigenvalue weighted by molar-refractivity contribution is 7.14. The summed E-state index contributed by atoms with van der Waals surface area (Å²) in [6, 6.07) is 8.95. The number of thiazole rings is 1. The van der Waals surface area contributed by atoms with Crippen LogP contribution in [0.5, 0.6) is 5.75 Å². The van der Waals surface area contributed by atoms with Crippen molar-refractivity contribution in [2.24, 2.45) is 0 Å². The van der Waals surface area contributed by atoms with Gasteiger partial charge in [0.25, 0.3) is 0 Å². The number of piperazine rings is 1. The van der Waals surface area contributed by atoms with Gasteiger partial charge in [-0.15, -0.1) is 11.3 Å². The summed E-state index contributed by atoms with van der Waals surface area (Å²) in [5.74, 6) is 0.233. The number of amides is 1. The zero-order valence-electron chi connectivity index (χ0n) is 20.2. The average molecular weight is 509 g/mol. The predicted molar refractivity (Wildman–Crippen MR) is 140 cm³/mol. The molecule has 1 aromatic carbocycles. The second kappa shape index (κ2) is 11.2. The molecule has 4 heterocycles. The summed E-state index contributed by atoms with van der Waals surface area (Å²) < 4.78 is 20.2. The van der Waals surface area contributed by atoms with Gasteiger partial charge in [0.2, 0.25) is 5.91 Å². The Hall–Kier alpha value is -3.34. The van der Waals surface area contributed by atoms with Crippen molar-refractivity contribution in [2.45, 2.75) is 12.8 Å². The predicted octanol–water partition coefficient (Wildman–Crippen LogP) is 4.02. The van der Waals surface area contributed by atoms with Crippen molar-refractivity contribution in [1.29, 1.82) is 0 Å². The summed E-state index contributed by atoms with van der Waals surface area (Å²) in [6.07, 6.45) is 4.27. The van der Waals surface area contributed by atoms with E-state index in [2.05, 4.69) is 37.1 Å². The molecule has 8 nitrogen and oxygen atoms in total. The number of nitrogens with zero attached hydrogens (tertiary/aromatic N) is 4. The van der Waals surface area contributed by atoms with Gasteiger partial charge >= 0.3 is 0 Å². The number of fused-ring (bicyclic) bond motifs is 1. The average Bonchev–Trinajstić information content (AvgIpc) is 3.51. The first kappa shape index (κ1) is 24.4. The van der Waals surface area contributed by atoms with Crippen molar-refractivity contribution in [1.82, 2.24) is 24.8 Å². The smallest absolute Gasteiger partial charge is 0.230 e. The molecule has 4 aromatic rings. The number of aromatic amines is 1. The van der Waals surface area contributed by atoms with Crippen LogP contribution in [0.1, 0.15) is 12.0 Å². The molecule has 0 radical (unpaired) electrons. The summed E-state index contributed by atoms with van der Waals surface area (Å²) in [5.41, 5.74) is 2.53. The third-order valence-corrected chi connectivity index (χ3v) is 7.05. The SMILES string of the molecule is CN1CCN(CCCOc2cccc(CC(=O)Nc3nc(-c4c[nH]c5nccc(F)c45)cs3)c2)CC1. The van der Waals surface area contributed by atoms with E-state index in [1.807, 2.05) is 24.3 Å². The lowest BCUT2D eigenvalue weighted by atomic mass is 10.1. The first-order valence-electron chi connectivity index (χ1n) is 12.0. The number of rotatable bonds is 9. The quantitative estimate of drug-likeness (QED) is 0.332. The van der Waals surface area contributed by atoms with Crippen molar-refractivity contribution in [3.8, 4) is 17.0 Å². The number of ether oxygens (including phenoxy) is 1. The zero-order chi connectivity index (χ0) is 24.9. The van der Waals surface area contributed by atoms with Gasteiger partial charge in [0.1, 0.15) is 17.2 Å². The lowest BCUT2D eigenvalue weighted by Gasteiger charge is -2.32. The van der Waals surface area contributed by atoms with Crippen LogP contribution >= 0.6 is 11.3 Å². The van der Waals surface area contributed by atoms with Crippen LogP contribution in [0.2, 0.25) is 0 Å². The van der Waals surface area contributed by atoms with Crippen molar-refractivity contribution < 1.29 is 13.9 Å². The van der Waals surface area contributed by atoms with Crippen LogP contribution in [0.25, 0.3) is 22.3 Å². The summed E-state index contributed by atoms with van der Waals surface area (Å²) in [7, 11) is 2.16. The Balaban J connectivity index is 1.12. The lowest BCUT2D eigenvalue weighted by Crippen LogP contribution is -2.44. The molecule has 0 atom stereocenters. The minimum absolute atomic E-state index is 0.171. The Morgan fingerprint density at radius 3 is 2.97 bits per heavy atom. The number of hydrogen-bond donors (Lipinski definition) is 2. The van der Waals surface area contributed by atoms with E-state index in [1.54, 1.807) is 11.6 Å². The van der Waals surface area contributed by atoms with Crippen LogP contribution in [0.3, 0.4) is 0 Å². The van der Waals surface area contributed by atoms with E-state index in [4.69, 9.17) is 4.74 Å². The Kier molecular flexibility index (Phi) is 7.55. The second-order valence-corrected chi connectivity index (χ2v) is 9.83. The Morgan fingerprint density at radius 2 is 2.11 bits per heavy atom. The number of likely N-dealkylation sites (N-methyl/N-ethyl adjacent to an activating group) is 1. The molecule has 188 valence electrons. The molecule has 10 heteroatoms. The highest BCUT2D eigenvalue weighted by Crippen LogP contribution is 2.31. The zero-order valence-corrected chi connectivity index (χ0v) is 21.0. The second-order valence-electron chi connectivity index (χ2n) is 8.98. The molecule has 5 rings (SSSR count). The molecule has 1 aliphatic rings. The minimum Gasteiger partial charge on any atom is -0.494 e. The largest absolute Gasteiger partial charge is 0.494 e. The third kappa shape index (κ3) is 5.89. The number of nitrogens with one attached hydrogen (secondary N) is 2. The van der Waals surface area contributed by atoms with Crippen LogP contribution in [0.15, 0.2) is 48.1 Å². The van der Waals surface area contributed by atoms with Crippen LogP contribution in [0, 0.1) is 5.82 Å². The molecule has 1 amide bonds. The van der Waals surface area contributed by atoms with Crippen LogP contribution in [-0.2, 0) is 11.2 Å². The topological polar surface area (TPSA) is 86.4 Å². The maximum atomic E-state index is 14.3. The number of anilines is 1. The number of pyridine rings is 1. The molecule has 0 saturated carbocycles. The van der Waals surface area contributed by atoms with Gasteiger partial charge in [0, 0.05) is 56.1 Å². The Labute approximate surface area is 213 Å². The molecule has 0 unspecified atom stereocenters. The lowest BCUT2D eigenvalue weighted by molar-refractivity contribution is -0.115. The van der Waals surface area contributed by atoms with Gasteiger partial charge in [-0.3, -0.25) is 4.79 Å². The molecule has 36 heavy (non-hydrogen) atoms. The Bertz CT molecular complexity index is 1330. The summed E-state index contributed by atoms with van der Waals surface area (Å²) >= 11 is 1.30. The summed E-state index contributed by atoms with van der Waals surface area (Å²) in [6.45, 7) is 6.13. The molecule has 0 aliphatic carbocycles. The molecule has 1 saturated heterocycles. The molecule has 0 spiro atoms. The van der Waals surface area contributed by atoms with E-state index >= 15 is 0 Å². The molecular formula is C26H29FN6O2S. The normalized spacial score (nSPS) is 14.8. The highest BCUT2D eigenvalue weighted by Gasteiger charge is 2.16. The first-order valence-corrected chi connectivity index (χ1v) is 12.9. The number of aromatic nitrogens is 3. The molecule has 1 fully saturated rings. The molecular weight excluding hydrogens is 479 g/mol. The number of halogens is 1. The Morgan fingerprint density at radius 1 is 1.25 bits per heavy atom. The molecule has 1 aliphatic heterocycles. The van der Waals surface area contributed by atoms with E-state index in [0.717, 1.165) is 50.5 Å². The maximum absolute atomic E-state index is 14.3. The number of carbonyl (C=O) groups excluding carboxylic acids is 1. The van der Waals surface area contributed by atoms with Crippen molar-refractivity contribution >= 4 is 33.4 Å². The molecule has 2 N–H and O–H groups in total. The fourth-order valence-electron chi connectivity index (χ4n) is 4.32. The molecule has 0 bridgehead atoms. The van der Waals surface area contributed by atoms with Gasteiger partial charge in [0.05, 0.1) is 24.1 Å². The first-order chi connectivity index (χ1) is 17.5. The maximum Gasteiger partial charge on any atom is 0.230 e. The van der Waals surface area contributed by atoms with Gasteiger partial charge in [-0.25, -0.2) is 14.4 Å². The third-order valence-electron chi connectivity index (χ3n) is 6.30. The van der Waals surface area contributed by atoms with Gasteiger partial charge in [-0.2, -0.15) is 0 Å². The summed E-state index contributed by atoms with van der Waals surface area (Å²) in [5, 5.41) is 5.49. The van der Waals surface area contributed by atoms with Crippen molar-refractivity contribution in [3.05, 3.63) is 59.5 Å². The van der Waals surface area contributed by atoms with Crippen molar-refractivity contribution in [2.75, 3.05) is 51.7 Å². The van der Waals surface area contributed by atoms with Crippen LogP contribution in [0.4, 0.5) is 9.52 Å². The number of H-pyrrole nitrogens is 1. The number of carbonyl (C=O) groups is 1. The van der Waals surface area contributed by atoms with Gasteiger partial charge in [-0.1, -0.05) is 12.1 Å².